The summed E-state index contributed by atoms with van der Waals surface area (Å²) in [6, 6.07) is 8.54. The van der Waals surface area contributed by atoms with Crippen molar-refractivity contribution in [3.63, 3.8) is 0 Å². The number of nitrogens with one attached hydrogen (secondary N) is 1. The molecule has 2 amide bonds. The number of urea groups is 1. The maximum atomic E-state index is 12.4. The molecule has 5 nitrogen and oxygen atoms in total. The van der Waals surface area contributed by atoms with Crippen molar-refractivity contribution >= 4 is 6.03 Å². The Kier molecular flexibility index (Phi) is 4.95. The standard InChI is InChI=1S/C20H29N3O2/c24-14-17-3-1-2-16(10-17)13-21-20(25)23-8-6-22(7-9-23)19-12-15-4-5-18(19)11-15/h1-3,10,15,18-19,24H,4-9,11-14H2,(H,21,25)/t15-,18-,19-/m1/s1. The van der Waals surface area contributed by atoms with Gasteiger partial charge in [-0.2, -0.15) is 0 Å². The molecule has 1 heterocycles. The zero-order valence-corrected chi connectivity index (χ0v) is 14.9. The van der Waals surface area contributed by atoms with Crippen LogP contribution in [0.3, 0.4) is 0 Å². The van der Waals surface area contributed by atoms with Crippen LogP contribution in [0.5, 0.6) is 0 Å². The molecule has 1 saturated heterocycles. The number of piperazine rings is 1. The molecule has 0 aromatic heterocycles. The highest BCUT2D eigenvalue weighted by Crippen LogP contribution is 2.46. The zero-order chi connectivity index (χ0) is 17.2. The average molecular weight is 343 g/mol. The van der Waals surface area contributed by atoms with Gasteiger partial charge in [0, 0.05) is 38.8 Å². The predicted octanol–water partition coefficient (Wildman–Crippen LogP) is 2.19. The smallest absolute Gasteiger partial charge is 0.317 e. The summed E-state index contributed by atoms with van der Waals surface area (Å²) in [5.41, 5.74) is 1.91. The third-order valence-electron chi connectivity index (χ3n) is 6.39. The molecule has 1 aliphatic heterocycles. The minimum atomic E-state index is 0.0296. The molecule has 2 aliphatic carbocycles. The highest BCUT2D eigenvalue weighted by atomic mass is 16.3. The third-order valence-corrected chi connectivity index (χ3v) is 6.39. The molecule has 3 fully saturated rings. The lowest BCUT2D eigenvalue weighted by Crippen LogP contribution is -2.55. The first-order chi connectivity index (χ1) is 12.2. The average Bonchev–Trinajstić information content (AvgIpc) is 3.30. The number of fused-ring (bicyclic) bond motifs is 2. The normalized spacial score (nSPS) is 29.2. The van der Waals surface area contributed by atoms with Gasteiger partial charge in [0.25, 0.3) is 0 Å². The molecule has 0 spiro atoms. The number of amides is 2. The van der Waals surface area contributed by atoms with Crippen LogP contribution in [-0.2, 0) is 13.2 Å². The van der Waals surface area contributed by atoms with Gasteiger partial charge in [-0.15, -0.1) is 0 Å². The van der Waals surface area contributed by atoms with E-state index in [0.717, 1.165) is 55.2 Å². The van der Waals surface area contributed by atoms with Crippen molar-refractivity contribution in [2.75, 3.05) is 26.2 Å². The minimum absolute atomic E-state index is 0.0296. The van der Waals surface area contributed by atoms with Crippen molar-refractivity contribution in [2.24, 2.45) is 11.8 Å². The fourth-order valence-electron chi connectivity index (χ4n) is 5.04. The zero-order valence-electron chi connectivity index (χ0n) is 14.9. The molecule has 0 radical (unpaired) electrons. The molecule has 1 aromatic carbocycles. The summed E-state index contributed by atoms with van der Waals surface area (Å²) in [4.78, 5) is 17.0. The van der Waals surface area contributed by atoms with E-state index in [-0.39, 0.29) is 12.6 Å². The van der Waals surface area contributed by atoms with Crippen molar-refractivity contribution < 1.29 is 9.90 Å². The largest absolute Gasteiger partial charge is 0.392 e. The molecule has 2 saturated carbocycles. The Hall–Kier alpha value is -1.59. The monoisotopic (exact) mass is 343 g/mol. The van der Waals surface area contributed by atoms with Crippen LogP contribution in [0.2, 0.25) is 0 Å². The van der Waals surface area contributed by atoms with Crippen molar-refractivity contribution in [1.29, 1.82) is 0 Å². The number of nitrogens with zero attached hydrogens (tertiary/aromatic N) is 2. The van der Waals surface area contributed by atoms with Gasteiger partial charge in [-0.25, -0.2) is 4.79 Å². The van der Waals surface area contributed by atoms with E-state index in [1.807, 2.05) is 29.2 Å². The van der Waals surface area contributed by atoms with Gasteiger partial charge in [-0.3, -0.25) is 4.90 Å². The van der Waals surface area contributed by atoms with E-state index in [0.29, 0.717) is 6.54 Å². The summed E-state index contributed by atoms with van der Waals surface area (Å²) < 4.78 is 0. The van der Waals surface area contributed by atoms with Crippen LogP contribution in [0.4, 0.5) is 4.79 Å². The van der Waals surface area contributed by atoms with Crippen LogP contribution in [0, 0.1) is 11.8 Å². The van der Waals surface area contributed by atoms with E-state index in [2.05, 4.69) is 10.2 Å². The lowest BCUT2D eigenvalue weighted by atomic mass is 9.93. The summed E-state index contributed by atoms with van der Waals surface area (Å²) in [5, 5.41) is 12.2. The van der Waals surface area contributed by atoms with E-state index in [4.69, 9.17) is 0 Å². The molecule has 5 heteroatoms. The summed E-state index contributed by atoms with van der Waals surface area (Å²) in [5.74, 6) is 1.90. The Labute approximate surface area is 150 Å². The first-order valence-electron chi connectivity index (χ1n) is 9.68. The van der Waals surface area contributed by atoms with Gasteiger partial charge >= 0.3 is 6.03 Å². The second-order valence-corrected chi connectivity index (χ2v) is 7.90. The van der Waals surface area contributed by atoms with Crippen molar-refractivity contribution in [2.45, 2.75) is 44.9 Å². The van der Waals surface area contributed by atoms with E-state index in [9.17, 15) is 9.90 Å². The van der Waals surface area contributed by atoms with Gasteiger partial charge in [-0.1, -0.05) is 30.7 Å². The van der Waals surface area contributed by atoms with Gasteiger partial charge in [0.15, 0.2) is 0 Å². The molecular weight excluding hydrogens is 314 g/mol. The summed E-state index contributed by atoms with van der Waals surface area (Å²) in [7, 11) is 0. The summed E-state index contributed by atoms with van der Waals surface area (Å²) in [6.45, 7) is 4.24. The summed E-state index contributed by atoms with van der Waals surface area (Å²) in [6.07, 6.45) is 5.69. The molecule has 0 unspecified atom stereocenters. The molecular formula is C20H29N3O2. The molecule has 2 bridgehead atoms. The number of carbonyl (C=O) groups excluding carboxylic acids is 1. The minimum Gasteiger partial charge on any atom is -0.392 e. The Bertz CT molecular complexity index is 613. The first-order valence-corrected chi connectivity index (χ1v) is 9.68. The molecule has 3 aliphatic rings. The van der Waals surface area contributed by atoms with Crippen molar-refractivity contribution in [1.82, 2.24) is 15.1 Å². The molecule has 4 rings (SSSR count). The fraction of sp³-hybridized carbons (Fsp3) is 0.650. The number of rotatable bonds is 4. The second kappa shape index (κ2) is 7.34. The fourth-order valence-corrected chi connectivity index (χ4v) is 5.04. The molecule has 25 heavy (non-hydrogen) atoms. The van der Waals surface area contributed by atoms with E-state index < -0.39 is 0 Å². The van der Waals surface area contributed by atoms with Crippen molar-refractivity contribution in [3.8, 4) is 0 Å². The van der Waals surface area contributed by atoms with Crippen molar-refractivity contribution in [3.05, 3.63) is 35.4 Å². The van der Waals surface area contributed by atoms with Gasteiger partial charge in [0.1, 0.15) is 0 Å². The molecule has 2 N–H and O–H groups in total. The van der Waals surface area contributed by atoms with Crippen LogP contribution >= 0.6 is 0 Å². The van der Waals surface area contributed by atoms with Gasteiger partial charge in [0.05, 0.1) is 6.61 Å². The number of hydrogen-bond acceptors (Lipinski definition) is 3. The molecule has 136 valence electrons. The lowest BCUT2D eigenvalue weighted by Gasteiger charge is -2.41. The Morgan fingerprint density at radius 1 is 1.12 bits per heavy atom. The van der Waals surface area contributed by atoms with E-state index in [1.54, 1.807) is 0 Å². The maximum absolute atomic E-state index is 12.4. The Balaban J connectivity index is 1.24. The predicted molar refractivity (Wildman–Crippen MR) is 97.0 cm³/mol. The second-order valence-electron chi connectivity index (χ2n) is 7.90. The van der Waals surface area contributed by atoms with E-state index in [1.165, 1.54) is 25.7 Å². The molecule has 1 aromatic rings. The van der Waals surface area contributed by atoms with Gasteiger partial charge in [-0.05, 0) is 42.2 Å². The topological polar surface area (TPSA) is 55.8 Å². The van der Waals surface area contributed by atoms with Crippen LogP contribution in [0.25, 0.3) is 0 Å². The lowest BCUT2D eigenvalue weighted by molar-refractivity contribution is 0.0826. The third kappa shape index (κ3) is 3.67. The quantitative estimate of drug-likeness (QED) is 0.881. The van der Waals surface area contributed by atoms with E-state index >= 15 is 0 Å². The summed E-state index contributed by atoms with van der Waals surface area (Å²) >= 11 is 0. The SMILES string of the molecule is O=C(NCc1cccc(CO)c1)N1CCN([C@@H]2C[C@@H]3CC[C@@H]2C3)CC1. The number of aliphatic hydroxyl groups is 1. The maximum Gasteiger partial charge on any atom is 0.317 e. The first kappa shape index (κ1) is 16.9. The highest BCUT2D eigenvalue weighted by molar-refractivity contribution is 5.74. The highest BCUT2D eigenvalue weighted by Gasteiger charge is 2.42. The van der Waals surface area contributed by atoms with Crippen LogP contribution in [0.15, 0.2) is 24.3 Å². The molecule has 3 atom stereocenters. The number of hydrogen-bond donors (Lipinski definition) is 2. The van der Waals surface area contributed by atoms with Crippen LogP contribution in [0.1, 0.15) is 36.8 Å². The number of carbonyl (C=O) groups is 1. The number of benzene rings is 1. The van der Waals surface area contributed by atoms with Crippen LogP contribution in [-0.4, -0.2) is 53.2 Å². The Morgan fingerprint density at radius 3 is 2.60 bits per heavy atom. The Morgan fingerprint density at radius 2 is 1.92 bits per heavy atom. The number of aliphatic hydroxyl groups excluding tert-OH is 1. The van der Waals surface area contributed by atoms with Gasteiger partial charge < -0.3 is 15.3 Å². The van der Waals surface area contributed by atoms with Gasteiger partial charge in [0.2, 0.25) is 0 Å². The van der Waals surface area contributed by atoms with Crippen LogP contribution < -0.4 is 5.32 Å².